The van der Waals surface area contributed by atoms with Crippen LogP contribution in [0.3, 0.4) is 0 Å². The molecule has 0 aromatic carbocycles. The van der Waals surface area contributed by atoms with E-state index in [0.717, 1.165) is 0 Å². The van der Waals surface area contributed by atoms with Crippen molar-refractivity contribution in [2.45, 2.75) is 66.2 Å². The Morgan fingerprint density at radius 1 is 1.05 bits per heavy atom. The van der Waals surface area contributed by atoms with E-state index in [4.69, 9.17) is 9.47 Å². The van der Waals surface area contributed by atoms with E-state index in [2.05, 4.69) is 10.6 Å². The number of carbonyl (C=O) groups excluding carboxylic acids is 3. The van der Waals surface area contributed by atoms with Gasteiger partial charge in [0.25, 0.3) is 0 Å². The predicted molar refractivity (Wildman–Crippen MR) is 82.2 cm³/mol. The molecule has 0 saturated carbocycles. The Morgan fingerprint density at radius 2 is 1.59 bits per heavy atom. The molecule has 0 radical (unpaired) electrons. The minimum Gasteiger partial charge on any atom is -0.464 e. The van der Waals surface area contributed by atoms with Gasteiger partial charge in [-0.3, -0.25) is 4.79 Å². The molecule has 2 amide bonds. The van der Waals surface area contributed by atoms with E-state index < -0.39 is 35.7 Å². The van der Waals surface area contributed by atoms with Crippen LogP contribution in [0.4, 0.5) is 4.79 Å². The van der Waals surface area contributed by atoms with Crippen LogP contribution in [0.25, 0.3) is 0 Å². The second-order valence-electron chi connectivity index (χ2n) is 6.35. The van der Waals surface area contributed by atoms with Crippen LogP contribution in [0.2, 0.25) is 0 Å². The van der Waals surface area contributed by atoms with Crippen LogP contribution in [-0.4, -0.2) is 42.3 Å². The van der Waals surface area contributed by atoms with Crippen molar-refractivity contribution in [2.75, 3.05) is 6.61 Å². The van der Waals surface area contributed by atoms with Crippen LogP contribution in [0.1, 0.15) is 48.5 Å². The first-order chi connectivity index (χ1) is 9.97. The number of ether oxygens (including phenoxy) is 2. The number of carbonyl (C=O) groups is 3. The number of nitrogens with one attached hydrogen (secondary N) is 2. The normalized spacial score (nSPS) is 14.0. The molecule has 2 atom stereocenters. The summed E-state index contributed by atoms with van der Waals surface area (Å²) in [6.07, 6.45) is -0.676. The monoisotopic (exact) mass is 316 g/mol. The molecule has 128 valence electrons. The molecule has 0 aliphatic carbocycles. The average Bonchev–Trinajstić information content (AvgIpc) is 2.33. The molecule has 0 aliphatic heterocycles. The molecule has 0 aromatic rings. The van der Waals surface area contributed by atoms with Crippen molar-refractivity contribution in [3.8, 4) is 0 Å². The van der Waals surface area contributed by atoms with Gasteiger partial charge in [0.1, 0.15) is 17.7 Å². The van der Waals surface area contributed by atoms with Gasteiger partial charge in [-0.05, 0) is 40.5 Å². The maximum Gasteiger partial charge on any atom is 0.408 e. The summed E-state index contributed by atoms with van der Waals surface area (Å²) in [5, 5.41) is 5.05. The Kier molecular flexibility index (Phi) is 7.90. The molecule has 0 spiro atoms. The van der Waals surface area contributed by atoms with Gasteiger partial charge in [-0.2, -0.15) is 0 Å². The highest BCUT2D eigenvalue weighted by molar-refractivity contribution is 5.89. The third-order valence-electron chi connectivity index (χ3n) is 2.62. The average molecular weight is 316 g/mol. The summed E-state index contributed by atoms with van der Waals surface area (Å²) in [5.41, 5.74) is -0.652. The fourth-order valence-electron chi connectivity index (χ4n) is 1.60. The number of alkyl carbamates (subject to hydrolysis) is 1. The molecular weight excluding hydrogens is 288 g/mol. The highest BCUT2D eigenvalue weighted by Gasteiger charge is 2.29. The van der Waals surface area contributed by atoms with Crippen molar-refractivity contribution < 1.29 is 23.9 Å². The Bertz CT molecular complexity index is 401. The predicted octanol–water partition coefficient (Wildman–Crippen LogP) is 1.60. The summed E-state index contributed by atoms with van der Waals surface area (Å²) >= 11 is 0. The Morgan fingerprint density at radius 3 is 2.00 bits per heavy atom. The molecule has 0 aromatic heterocycles. The van der Waals surface area contributed by atoms with Crippen molar-refractivity contribution in [1.82, 2.24) is 10.6 Å². The van der Waals surface area contributed by atoms with Gasteiger partial charge in [0.2, 0.25) is 5.91 Å². The smallest absolute Gasteiger partial charge is 0.408 e. The van der Waals surface area contributed by atoms with Gasteiger partial charge in [0, 0.05) is 0 Å². The summed E-state index contributed by atoms with van der Waals surface area (Å²) in [4.78, 5) is 35.5. The summed E-state index contributed by atoms with van der Waals surface area (Å²) in [6.45, 7) is 12.2. The molecule has 2 unspecified atom stereocenters. The molecule has 0 saturated heterocycles. The summed E-state index contributed by atoms with van der Waals surface area (Å²) in [6, 6.07) is -1.58. The topological polar surface area (TPSA) is 93.7 Å². The zero-order valence-corrected chi connectivity index (χ0v) is 14.5. The van der Waals surface area contributed by atoms with E-state index in [1.165, 1.54) is 6.92 Å². The second kappa shape index (κ2) is 8.60. The second-order valence-corrected chi connectivity index (χ2v) is 6.35. The van der Waals surface area contributed by atoms with Crippen LogP contribution >= 0.6 is 0 Å². The molecule has 0 heterocycles. The number of rotatable bonds is 6. The van der Waals surface area contributed by atoms with Gasteiger partial charge in [0.05, 0.1) is 6.61 Å². The van der Waals surface area contributed by atoms with Gasteiger partial charge in [-0.1, -0.05) is 13.8 Å². The number of hydrogen-bond donors (Lipinski definition) is 2. The molecule has 0 aliphatic rings. The van der Waals surface area contributed by atoms with Gasteiger partial charge < -0.3 is 20.1 Å². The lowest BCUT2D eigenvalue weighted by Gasteiger charge is -2.26. The summed E-state index contributed by atoms with van der Waals surface area (Å²) < 4.78 is 9.96. The van der Waals surface area contributed by atoms with Gasteiger partial charge >= 0.3 is 12.1 Å². The van der Waals surface area contributed by atoms with Crippen LogP contribution in [0.5, 0.6) is 0 Å². The molecule has 2 N–H and O–H groups in total. The van der Waals surface area contributed by atoms with Crippen molar-refractivity contribution in [3.63, 3.8) is 0 Å². The van der Waals surface area contributed by atoms with E-state index in [9.17, 15) is 14.4 Å². The van der Waals surface area contributed by atoms with E-state index >= 15 is 0 Å². The van der Waals surface area contributed by atoms with Crippen LogP contribution in [-0.2, 0) is 19.1 Å². The van der Waals surface area contributed by atoms with Crippen molar-refractivity contribution in [1.29, 1.82) is 0 Å². The van der Waals surface area contributed by atoms with E-state index in [-0.39, 0.29) is 12.5 Å². The number of amides is 2. The van der Waals surface area contributed by atoms with Gasteiger partial charge in [-0.25, -0.2) is 9.59 Å². The summed E-state index contributed by atoms with van der Waals surface area (Å²) in [7, 11) is 0. The first-order valence-corrected chi connectivity index (χ1v) is 7.44. The quantitative estimate of drug-likeness (QED) is 0.726. The van der Waals surface area contributed by atoms with Gasteiger partial charge in [-0.15, -0.1) is 0 Å². The van der Waals surface area contributed by atoms with Crippen LogP contribution in [0, 0.1) is 5.92 Å². The maximum absolute atomic E-state index is 12.2. The van der Waals surface area contributed by atoms with Crippen LogP contribution < -0.4 is 10.6 Å². The minimum absolute atomic E-state index is 0.165. The lowest BCUT2D eigenvalue weighted by Crippen LogP contribution is -2.53. The number of esters is 1. The molecule has 0 fully saturated rings. The zero-order valence-electron chi connectivity index (χ0n) is 14.5. The number of hydrogen-bond acceptors (Lipinski definition) is 5. The van der Waals surface area contributed by atoms with E-state index in [0.29, 0.717) is 0 Å². The minimum atomic E-state index is -0.799. The van der Waals surface area contributed by atoms with Crippen molar-refractivity contribution in [3.05, 3.63) is 0 Å². The molecule has 0 rings (SSSR count). The van der Waals surface area contributed by atoms with Gasteiger partial charge in [0.15, 0.2) is 0 Å². The lowest BCUT2D eigenvalue weighted by atomic mass is 10.0. The SMILES string of the molecule is CCOC(=O)C(C)NC(=O)C(NC(=O)OC(C)(C)C)C(C)C. The Balaban J connectivity index is 4.71. The van der Waals surface area contributed by atoms with E-state index in [1.807, 2.05) is 0 Å². The maximum atomic E-state index is 12.2. The van der Waals surface area contributed by atoms with Crippen molar-refractivity contribution in [2.24, 2.45) is 5.92 Å². The van der Waals surface area contributed by atoms with E-state index in [1.54, 1.807) is 41.5 Å². The van der Waals surface area contributed by atoms with Crippen molar-refractivity contribution >= 4 is 18.0 Å². The highest BCUT2D eigenvalue weighted by Crippen LogP contribution is 2.09. The fraction of sp³-hybridized carbons (Fsp3) is 0.800. The molecular formula is C15H28N2O5. The highest BCUT2D eigenvalue weighted by atomic mass is 16.6. The summed E-state index contributed by atoms with van der Waals surface area (Å²) in [5.74, 6) is -1.14. The first kappa shape index (κ1) is 20.2. The molecule has 7 nitrogen and oxygen atoms in total. The van der Waals surface area contributed by atoms with Crippen LogP contribution in [0.15, 0.2) is 0 Å². The Labute approximate surface area is 132 Å². The molecule has 22 heavy (non-hydrogen) atoms. The first-order valence-electron chi connectivity index (χ1n) is 7.44. The standard InChI is InChI=1S/C15H28N2O5/c1-8-21-13(19)10(4)16-12(18)11(9(2)3)17-14(20)22-15(5,6)7/h9-11H,8H2,1-7H3,(H,16,18)(H,17,20). The third-order valence-corrected chi connectivity index (χ3v) is 2.62. The fourth-order valence-corrected chi connectivity index (χ4v) is 1.60. The largest absolute Gasteiger partial charge is 0.464 e. The molecule has 7 heteroatoms. The lowest BCUT2D eigenvalue weighted by molar-refractivity contribution is -0.147. The Hall–Kier alpha value is -1.79. The third kappa shape index (κ3) is 7.85. The zero-order chi connectivity index (χ0) is 17.5. The molecule has 0 bridgehead atoms.